The van der Waals surface area contributed by atoms with Crippen molar-refractivity contribution in [2.45, 2.75) is 25.4 Å². The van der Waals surface area contributed by atoms with Crippen LogP contribution in [0.4, 0.5) is 10.5 Å². The Morgan fingerprint density at radius 3 is 3.12 bits per heavy atom. The summed E-state index contributed by atoms with van der Waals surface area (Å²) < 4.78 is 2.01. The number of urea groups is 1. The van der Waals surface area contributed by atoms with Gasteiger partial charge in [-0.15, -0.1) is 0 Å². The van der Waals surface area contributed by atoms with Crippen LogP contribution in [0.2, 0.25) is 0 Å². The minimum atomic E-state index is -0.0199. The van der Waals surface area contributed by atoms with Crippen LogP contribution in [0.15, 0.2) is 59.8 Å². The molecule has 6 heteroatoms. The Bertz CT molecular complexity index is 829. The topological polar surface area (TPSA) is 50.2 Å². The Kier molecular flexibility index (Phi) is 4.52. The minimum absolute atomic E-state index is 0.0199. The number of imidazole rings is 1. The van der Waals surface area contributed by atoms with Crippen LogP contribution in [0.25, 0.3) is 0 Å². The van der Waals surface area contributed by atoms with Crippen LogP contribution in [0.5, 0.6) is 0 Å². The predicted molar refractivity (Wildman–Crippen MR) is 99.8 cm³/mol. The van der Waals surface area contributed by atoms with E-state index in [1.165, 1.54) is 5.56 Å². The minimum Gasteiger partial charge on any atom is -0.333 e. The van der Waals surface area contributed by atoms with Gasteiger partial charge in [-0.2, -0.15) is 11.3 Å². The molecular formula is C19H20N4OS. The second-order valence-electron chi connectivity index (χ2n) is 6.27. The zero-order chi connectivity index (χ0) is 17.1. The number of amides is 2. The maximum absolute atomic E-state index is 12.8. The first kappa shape index (κ1) is 15.9. The smallest absolute Gasteiger partial charge is 0.322 e. The number of benzene rings is 1. The van der Waals surface area contributed by atoms with Gasteiger partial charge in [-0.05, 0) is 52.9 Å². The summed E-state index contributed by atoms with van der Waals surface area (Å²) in [5.41, 5.74) is 3.21. The van der Waals surface area contributed by atoms with Crippen molar-refractivity contribution >= 4 is 23.1 Å². The van der Waals surface area contributed by atoms with Gasteiger partial charge in [0.05, 0.1) is 12.4 Å². The molecule has 2 amide bonds. The third-order valence-electron chi connectivity index (χ3n) is 4.54. The van der Waals surface area contributed by atoms with E-state index in [0.717, 1.165) is 37.2 Å². The summed E-state index contributed by atoms with van der Waals surface area (Å²) in [6.07, 6.45) is 7.57. The molecule has 1 aromatic carbocycles. The fourth-order valence-electron chi connectivity index (χ4n) is 3.35. The SMILES string of the molecule is O=C(Nc1cccc(Cn2ccnc2)c1)N1CCCC1c1ccsc1. The first-order chi connectivity index (χ1) is 12.3. The van der Waals surface area contributed by atoms with E-state index < -0.39 is 0 Å². The second-order valence-corrected chi connectivity index (χ2v) is 7.05. The van der Waals surface area contributed by atoms with Crippen LogP contribution >= 0.6 is 11.3 Å². The monoisotopic (exact) mass is 352 g/mol. The molecule has 25 heavy (non-hydrogen) atoms. The number of hydrogen-bond donors (Lipinski definition) is 1. The van der Waals surface area contributed by atoms with Crippen LogP contribution in [-0.2, 0) is 6.54 Å². The standard InChI is InChI=1S/C19H20N4OS/c24-19(23-8-2-5-18(23)16-6-10-25-13-16)21-17-4-1-3-15(11-17)12-22-9-7-20-14-22/h1,3-4,6-7,9-11,13-14,18H,2,5,8,12H2,(H,21,24). The van der Waals surface area contributed by atoms with Gasteiger partial charge in [0.25, 0.3) is 0 Å². The lowest BCUT2D eigenvalue weighted by Gasteiger charge is -2.24. The van der Waals surface area contributed by atoms with E-state index in [1.807, 2.05) is 33.9 Å². The van der Waals surface area contributed by atoms with Gasteiger partial charge in [0.1, 0.15) is 0 Å². The molecule has 128 valence electrons. The highest BCUT2D eigenvalue weighted by Crippen LogP contribution is 2.33. The first-order valence-corrected chi connectivity index (χ1v) is 9.38. The van der Waals surface area contributed by atoms with E-state index in [0.29, 0.717) is 0 Å². The van der Waals surface area contributed by atoms with Gasteiger partial charge in [-0.3, -0.25) is 0 Å². The number of nitrogens with zero attached hydrogens (tertiary/aromatic N) is 3. The average molecular weight is 352 g/mol. The molecule has 1 fully saturated rings. The predicted octanol–water partition coefficient (Wildman–Crippen LogP) is 4.36. The van der Waals surface area contributed by atoms with E-state index in [-0.39, 0.29) is 12.1 Å². The molecule has 1 saturated heterocycles. The number of carbonyl (C=O) groups excluding carboxylic acids is 1. The fraction of sp³-hybridized carbons (Fsp3) is 0.263. The second kappa shape index (κ2) is 7.11. The quantitative estimate of drug-likeness (QED) is 0.758. The molecule has 1 aliphatic heterocycles. The Morgan fingerprint density at radius 2 is 2.32 bits per heavy atom. The molecule has 0 radical (unpaired) electrons. The van der Waals surface area contributed by atoms with E-state index >= 15 is 0 Å². The van der Waals surface area contributed by atoms with Crippen molar-refractivity contribution in [2.24, 2.45) is 0 Å². The highest BCUT2D eigenvalue weighted by Gasteiger charge is 2.30. The van der Waals surface area contributed by atoms with Crippen molar-refractivity contribution in [3.8, 4) is 0 Å². The average Bonchev–Trinajstić information content (AvgIpc) is 3.36. The van der Waals surface area contributed by atoms with Crippen LogP contribution < -0.4 is 5.32 Å². The Hall–Kier alpha value is -2.60. The van der Waals surface area contributed by atoms with Crippen LogP contribution in [0, 0.1) is 0 Å². The number of carbonyl (C=O) groups is 1. The first-order valence-electron chi connectivity index (χ1n) is 8.44. The van der Waals surface area contributed by atoms with Crippen molar-refractivity contribution in [1.29, 1.82) is 0 Å². The lowest BCUT2D eigenvalue weighted by Crippen LogP contribution is -2.34. The van der Waals surface area contributed by atoms with Gasteiger partial charge in [-0.25, -0.2) is 9.78 Å². The number of hydrogen-bond acceptors (Lipinski definition) is 3. The molecule has 1 N–H and O–H groups in total. The van der Waals surface area contributed by atoms with Crippen molar-refractivity contribution in [2.75, 3.05) is 11.9 Å². The lowest BCUT2D eigenvalue weighted by molar-refractivity contribution is 0.207. The molecule has 1 atom stereocenters. The molecule has 1 aliphatic rings. The summed E-state index contributed by atoms with van der Waals surface area (Å²) >= 11 is 1.68. The highest BCUT2D eigenvalue weighted by molar-refractivity contribution is 7.08. The van der Waals surface area contributed by atoms with Gasteiger partial charge >= 0.3 is 6.03 Å². The zero-order valence-electron chi connectivity index (χ0n) is 13.8. The van der Waals surface area contributed by atoms with Crippen molar-refractivity contribution in [3.05, 3.63) is 70.9 Å². The summed E-state index contributed by atoms with van der Waals surface area (Å²) in [6.45, 7) is 1.55. The fourth-order valence-corrected chi connectivity index (χ4v) is 4.06. The third kappa shape index (κ3) is 3.58. The Balaban J connectivity index is 1.45. The number of anilines is 1. The summed E-state index contributed by atoms with van der Waals surface area (Å²) in [4.78, 5) is 18.8. The summed E-state index contributed by atoms with van der Waals surface area (Å²) in [5, 5.41) is 7.27. The van der Waals surface area contributed by atoms with E-state index in [1.54, 1.807) is 23.9 Å². The number of rotatable bonds is 4. The zero-order valence-corrected chi connectivity index (χ0v) is 14.7. The number of thiophene rings is 1. The van der Waals surface area contributed by atoms with E-state index in [9.17, 15) is 4.79 Å². The van der Waals surface area contributed by atoms with Gasteiger partial charge in [0, 0.05) is 31.2 Å². The molecule has 5 nitrogen and oxygen atoms in total. The van der Waals surface area contributed by atoms with Crippen molar-refractivity contribution < 1.29 is 4.79 Å². The Labute approximate surface area is 150 Å². The van der Waals surface area contributed by atoms with E-state index in [2.05, 4.69) is 33.2 Å². The Morgan fingerprint density at radius 1 is 1.36 bits per heavy atom. The van der Waals surface area contributed by atoms with Crippen molar-refractivity contribution in [1.82, 2.24) is 14.5 Å². The molecule has 2 aromatic heterocycles. The van der Waals surface area contributed by atoms with Crippen LogP contribution in [-0.4, -0.2) is 27.0 Å². The lowest BCUT2D eigenvalue weighted by atomic mass is 10.1. The molecule has 0 bridgehead atoms. The molecule has 0 saturated carbocycles. The van der Waals surface area contributed by atoms with Crippen LogP contribution in [0.1, 0.15) is 30.0 Å². The maximum Gasteiger partial charge on any atom is 0.322 e. The van der Waals surface area contributed by atoms with E-state index in [4.69, 9.17) is 0 Å². The summed E-state index contributed by atoms with van der Waals surface area (Å²) in [7, 11) is 0. The van der Waals surface area contributed by atoms with Crippen molar-refractivity contribution in [3.63, 3.8) is 0 Å². The molecule has 0 spiro atoms. The molecule has 3 aromatic rings. The number of aromatic nitrogens is 2. The highest BCUT2D eigenvalue weighted by atomic mass is 32.1. The molecule has 0 aliphatic carbocycles. The molecule has 1 unspecified atom stereocenters. The summed E-state index contributed by atoms with van der Waals surface area (Å²) in [5.74, 6) is 0. The largest absolute Gasteiger partial charge is 0.333 e. The molecule has 3 heterocycles. The maximum atomic E-state index is 12.8. The number of likely N-dealkylation sites (tertiary alicyclic amines) is 1. The normalized spacial score (nSPS) is 17.0. The van der Waals surface area contributed by atoms with Gasteiger partial charge in [0.15, 0.2) is 0 Å². The third-order valence-corrected chi connectivity index (χ3v) is 5.25. The van der Waals surface area contributed by atoms with Gasteiger partial charge in [0.2, 0.25) is 0 Å². The molecule has 4 rings (SSSR count). The van der Waals surface area contributed by atoms with Crippen LogP contribution in [0.3, 0.4) is 0 Å². The van der Waals surface area contributed by atoms with Gasteiger partial charge in [-0.1, -0.05) is 12.1 Å². The summed E-state index contributed by atoms with van der Waals surface area (Å²) in [6, 6.07) is 10.3. The van der Waals surface area contributed by atoms with Gasteiger partial charge < -0.3 is 14.8 Å². The number of nitrogens with one attached hydrogen (secondary N) is 1. The molecular weight excluding hydrogens is 332 g/mol.